The number of anilines is 2. The van der Waals surface area contributed by atoms with Crippen LogP contribution in [0.25, 0.3) is 16.7 Å². The first-order valence-corrected chi connectivity index (χ1v) is 12.2. The van der Waals surface area contributed by atoms with Gasteiger partial charge in [0.2, 0.25) is 5.95 Å². The van der Waals surface area contributed by atoms with Gasteiger partial charge in [0.1, 0.15) is 5.39 Å². The van der Waals surface area contributed by atoms with E-state index in [4.69, 9.17) is 4.98 Å². The second kappa shape index (κ2) is 7.24. The van der Waals surface area contributed by atoms with E-state index in [0.29, 0.717) is 17.0 Å². The van der Waals surface area contributed by atoms with E-state index < -0.39 is 0 Å². The Kier molecular flexibility index (Phi) is 4.24. The van der Waals surface area contributed by atoms with E-state index in [9.17, 15) is 4.79 Å². The van der Waals surface area contributed by atoms with Gasteiger partial charge in [0.05, 0.1) is 11.7 Å². The third-order valence-electron chi connectivity index (χ3n) is 7.47. The summed E-state index contributed by atoms with van der Waals surface area (Å²) in [6, 6.07) is 10.7. The molecule has 2 aliphatic carbocycles. The average molecular weight is 454 g/mol. The molecule has 0 amide bonds. The van der Waals surface area contributed by atoms with Gasteiger partial charge in [-0.2, -0.15) is 4.98 Å². The molecule has 0 saturated heterocycles. The van der Waals surface area contributed by atoms with E-state index in [2.05, 4.69) is 51.8 Å². The fourth-order valence-electron chi connectivity index (χ4n) is 4.97. The molecular weight excluding hydrogens is 426 g/mol. The van der Waals surface area contributed by atoms with Gasteiger partial charge in [-0.1, -0.05) is 13.0 Å². The van der Waals surface area contributed by atoms with Crippen LogP contribution in [-0.2, 0) is 18.4 Å². The molecule has 3 aliphatic rings. The molecule has 0 unspecified atom stereocenters. The van der Waals surface area contributed by atoms with Crippen molar-refractivity contribution in [1.29, 1.82) is 0 Å². The molecule has 4 heterocycles. The third kappa shape index (κ3) is 3.24. The van der Waals surface area contributed by atoms with E-state index in [1.807, 2.05) is 21.6 Å². The Hall–Kier alpha value is -3.52. The molecule has 2 fully saturated rings. The van der Waals surface area contributed by atoms with Crippen LogP contribution in [-0.4, -0.2) is 30.9 Å². The minimum Gasteiger partial charge on any atom is -0.324 e. The smallest absolute Gasteiger partial charge is 0.278 e. The van der Waals surface area contributed by atoms with Crippen molar-refractivity contribution in [2.45, 2.75) is 57.0 Å². The lowest BCUT2D eigenvalue weighted by molar-refractivity contribution is 0.559. The number of aromatic nitrogens is 5. The monoisotopic (exact) mass is 453 g/mol. The van der Waals surface area contributed by atoms with Gasteiger partial charge in [-0.3, -0.25) is 9.78 Å². The molecule has 34 heavy (non-hydrogen) atoms. The Morgan fingerprint density at radius 3 is 2.82 bits per heavy atom. The number of pyridine rings is 1. The third-order valence-corrected chi connectivity index (χ3v) is 7.47. The van der Waals surface area contributed by atoms with Crippen molar-refractivity contribution in [1.82, 2.24) is 29.6 Å². The van der Waals surface area contributed by atoms with Gasteiger partial charge in [0, 0.05) is 35.7 Å². The summed E-state index contributed by atoms with van der Waals surface area (Å²) in [5, 5.41) is 7.32. The fourth-order valence-corrected chi connectivity index (χ4v) is 4.97. The summed E-state index contributed by atoms with van der Waals surface area (Å²) in [6.45, 7) is 4.15. The van der Waals surface area contributed by atoms with Crippen molar-refractivity contribution in [3.05, 3.63) is 69.9 Å². The summed E-state index contributed by atoms with van der Waals surface area (Å²) in [6.07, 6.45) is 8.84. The SMILES string of the molecule is CC1(c2cc(-n3c4nc(Nc5ccc6c(c5)CCNC6)ncc4c(=O)n3C3CC3)ccn2)CC1. The maximum atomic E-state index is 13.3. The zero-order chi connectivity index (χ0) is 22.9. The van der Waals surface area contributed by atoms with Crippen molar-refractivity contribution in [2.75, 3.05) is 11.9 Å². The van der Waals surface area contributed by atoms with Crippen molar-refractivity contribution >= 4 is 22.7 Å². The maximum absolute atomic E-state index is 13.3. The van der Waals surface area contributed by atoms with Gasteiger partial charge in [0.25, 0.3) is 5.56 Å². The van der Waals surface area contributed by atoms with Gasteiger partial charge in [0.15, 0.2) is 5.65 Å². The maximum Gasteiger partial charge on any atom is 0.278 e. The van der Waals surface area contributed by atoms with Gasteiger partial charge in [-0.05, 0) is 74.0 Å². The zero-order valence-corrected chi connectivity index (χ0v) is 19.2. The molecule has 7 rings (SSSR count). The molecule has 3 aromatic heterocycles. The molecule has 4 aromatic rings. The molecule has 8 nitrogen and oxygen atoms in total. The fraction of sp³-hybridized carbons (Fsp3) is 0.385. The molecule has 2 saturated carbocycles. The van der Waals surface area contributed by atoms with Gasteiger partial charge in [-0.25, -0.2) is 14.3 Å². The predicted octanol–water partition coefficient (Wildman–Crippen LogP) is 3.75. The van der Waals surface area contributed by atoms with Crippen LogP contribution in [0.3, 0.4) is 0 Å². The molecular formula is C26H27N7O. The van der Waals surface area contributed by atoms with Gasteiger partial charge < -0.3 is 10.6 Å². The number of rotatable bonds is 5. The highest BCUT2D eigenvalue weighted by molar-refractivity contribution is 5.77. The summed E-state index contributed by atoms with van der Waals surface area (Å²) in [4.78, 5) is 27.3. The van der Waals surface area contributed by atoms with Crippen molar-refractivity contribution in [2.24, 2.45) is 0 Å². The van der Waals surface area contributed by atoms with E-state index >= 15 is 0 Å². The largest absolute Gasteiger partial charge is 0.324 e. The molecule has 1 aliphatic heterocycles. The molecule has 1 aromatic carbocycles. The first kappa shape index (κ1) is 19.9. The Morgan fingerprint density at radius 1 is 1.12 bits per heavy atom. The Bertz CT molecular complexity index is 1490. The van der Waals surface area contributed by atoms with Crippen LogP contribution < -0.4 is 16.2 Å². The second-order valence-corrected chi connectivity index (χ2v) is 10.1. The minimum absolute atomic E-state index is 0.0265. The molecule has 0 spiro atoms. The number of fused-ring (bicyclic) bond motifs is 2. The molecule has 8 heteroatoms. The van der Waals surface area contributed by atoms with Crippen LogP contribution in [0.15, 0.2) is 47.5 Å². The van der Waals surface area contributed by atoms with Crippen LogP contribution >= 0.6 is 0 Å². The highest BCUT2D eigenvalue weighted by Gasteiger charge is 2.41. The summed E-state index contributed by atoms with van der Waals surface area (Å²) >= 11 is 0. The van der Waals surface area contributed by atoms with Crippen LogP contribution in [0.2, 0.25) is 0 Å². The van der Waals surface area contributed by atoms with E-state index in [1.165, 1.54) is 11.1 Å². The molecule has 0 radical (unpaired) electrons. The molecule has 172 valence electrons. The number of hydrogen-bond donors (Lipinski definition) is 2. The van der Waals surface area contributed by atoms with E-state index in [1.54, 1.807) is 6.20 Å². The second-order valence-electron chi connectivity index (χ2n) is 10.1. The number of hydrogen-bond acceptors (Lipinski definition) is 6. The summed E-state index contributed by atoms with van der Waals surface area (Å²) in [5.41, 5.74) is 6.41. The van der Waals surface area contributed by atoms with E-state index in [-0.39, 0.29) is 17.0 Å². The lowest BCUT2D eigenvalue weighted by atomic mass is 10.0. The summed E-state index contributed by atoms with van der Waals surface area (Å²) in [7, 11) is 0. The predicted molar refractivity (Wildman–Crippen MR) is 131 cm³/mol. The molecule has 0 atom stereocenters. The van der Waals surface area contributed by atoms with Crippen molar-refractivity contribution < 1.29 is 0 Å². The highest BCUT2D eigenvalue weighted by Crippen LogP contribution is 2.47. The first-order chi connectivity index (χ1) is 16.6. The lowest BCUT2D eigenvalue weighted by Gasteiger charge is -2.18. The first-order valence-electron chi connectivity index (χ1n) is 12.2. The Morgan fingerprint density at radius 2 is 2.00 bits per heavy atom. The minimum atomic E-state index is -0.0265. The van der Waals surface area contributed by atoms with Gasteiger partial charge in [-0.15, -0.1) is 0 Å². The number of nitrogens with zero attached hydrogens (tertiary/aromatic N) is 5. The number of benzene rings is 1. The summed E-state index contributed by atoms with van der Waals surface area (Å²) in [5.74, 6) is 0.492. The molecule has 2 N–H and O–H groups in total. The summed E-state index contributed by atoms with van der Waals surface area (Å²) < 4.78 is 3.85. The van der Waals surface area contributed by atoms with Crippen molar-refractivity contribution in [3.8, 4) is 5.69 Å². The van der Waals surface area contributed by atoms with E-state index in [0.717, 1.165) is 62.3 Å². The van der Waals surface area contributed by atoms with Crippen LogP contribution in [0, 0.1) is 0 Å². The van der Waals surface area contributed by atoms with Crippen LogP contribution in [0.4, 0.5) is 11.6 Å². The van der Waals surface area contributed by atoms with Gasteiger partial charge >= 0.3 is 0 Å². The lowest BCUT2D eigenvalue weighted by Crippen LogP contribution is -2.23. The zero-order valence-electron chi connectivity index (χ0n) is 19.2. The van der Waals surface area contributed by atoms with Crippen molar-refractivity contribution in [3.63, 3.8) is 0 Å². The molecule has 0 bridgehead atoms. The van der Waals surface area contributed by atoms with Crippen LogP contribution in [0.1, 0.15) is 55.5 Å². The standard InChI is InChI=1S/C26H27N7O/c1-26(8-9-26)22-13-20(7-11-28-22)32-23-21(24(34)33(32)19-4-5-19)15-29-25(31-23)30-18-3-2-17-14-27-10-6-16(17)12-18/h2-3,7,11-13,15,19,27H,4-6,8-10,14H2,1H3,(H,29,30,31). The quantitative estimate of drug-likeness (QED) is 0.478. The van der Waals surface area contributed by atoms with Crippen LogP contribution in [0.5, 0.6) is 0 Å². The highest BCUT2D eigenvalue weighted by atomic mass is 16.1. The average Bonchev–Trinajstić information content (AvgIpc) is 3.80. The normalized spacial score (nSPS) is 18.6. The number of nitrogens with one attached hydrogen (secondary N) is 2. The topological polar surface area (TPSA) is 89.7 Å². The Balaban J connectivity index is 1.34. The Labute approximate surface area is 197 Å².